The highest BCUT2D eigenvalue weighted by Gasteiger charge is 2.21. The maximum atomic E-state index is 11.7. The van der Waals surface area contributed by atoms with E-state index in [0.29, 0.717) is 19.6 Å². The van der Waals surface area contributed by atoms with Gasteiger partial charge in [0.2, 0.25) is 5.91 Å². The number of aromatic nitrogens is 3. The lowest BCUT2D eigenvalue weighted by Crippen LogP contribution is -2.14. The van der Waals surface area contributed by atoms with Crippen molar-refractivity contribution in [3.63, 3.8) is 0 Å². The van der Waals surface area contributed by atoms with E-state index in [9.17, 15) is 4.79 Å². The zero-order valence-electron chi connectivity index (χ0n) is 22.0. The van der Waals surface area contributed by atoms with Crippen LogP contribution in [-0.4, -0.2) is 26.9 Å². The van der Waals surface area contributed by atoms with Crippen molar-refractivity contribution in [1.29, 1.82) is 0 Å². The van der Waals surface area contributed by atoms with Crippen molar-refractivity contribution in [3.8, 4) is 16.9 Å². The predicted octanol–water partition coefficient (Wildman–Crippen LogP) is 6.12. The molecule has 0 spiro atoms. The van der Waals surface area contributed by atoms with Crippen molar-refractivity contribution in [1.82, 2.24) is 14.3 Å². The van der Waals surface area contributed by atoms with Gasteiger partial charge in [0.25, 0.3) is 0 Å². The molecule has 4 rings (SSSR count). The van der Waals surface area contributed by atoms with Gasteiger partial charge in [-0.25, -0.2) is 0 Å². The highest BCUT2D eigenvalue weighted by molar-refractivity contribution is 6.32. The zero-order chi connectivity index (χ0) is 26.1. The van der Waals surface area contributed by atoms with Crippen LogP contribution in [0.1, 0.15) is 46.6 Å². The molecule has 0 bridgehead atoms. The fraction of sp³-hybridized carbons (Fsp3) is 0.379. The molecule has 190 valence electrons. The quantitative estimate of drug-likeness (QED) is 0.278. The van der Waals surface area contributed by atoms with E-state index in [-0.39, 0.29) is 5.91 Å². The summed E-state index contributed by atoms with van der Waals surface area (Å²) in [5.74, 6) is 0.547. The molecular formula is C29H35ClN4O2. The summed E-state index contributed by atoms with van der Waals surface area (Å²) in [6.45, 7) is 11.4. The number of hydrogen-bond donors (Lipinski definition) is 1. The summed E-state index contributed by atoms with van der Waals surface area (Å²) in [6.07, 6.45) is 2.03. The first kappa shape index (κ1) is 25.8. The summed E-state index contributed by atoms with van der Waals surface area (Å²) in [5, 5.41) is 6.64. The van der Waals surface area contributed by atoms with Gasteiger partial charge < -0.3 is 15.0 Å². The third-order valence-corrected chi connectivity index (χ3v) is 7.68. The molecule has 0 unspecified atom stereocenters. The van der Waals surface area contributed by atoms with Crippen LogP contribution in [0.4, 0.5) is 0 Å². The first-order valence-corrected chi connectivity index (χ1v) is 12.8. The molecule has 7 heteroatoms. The number of nitrogens with zero attached hydrogens (tertiary/aromatic N) is 3. The Morgan fingerprint density at radius 1 is 1.08 bits per heavy atom. The minimum atomic E-state index is -0.300. The maximum absolute atomic E-state index is 11.7. The third-order valence-electron chi connectivity index (χ3n) is 7.08. The number of carbonyl (C=O) groups is 1. The normalized spacial score (nSPS) is 11.4. The number of rotatable bonds is 9. The maximum Gasteiger partial charge on any atom is 0.219 e. The van der Waals surface area contributed by atoms with Crippen LogP contribution in [0.2, 0.25) is 5.02 Å². The summed E-state index contributed by atoms with van der Waals surface area (Å²) in [6, 6.07) is 10.4. The summed E-state index contributed by atoms with van der Waals surface area (Å²) in [4.78, 5) is 11.7. The molecule has 6 nitrogen and oxygen atoms in total. The van der Waals surface area contributed by atoms with Gasteiger partial charge in [-0.2, -0.15) is 5.10 Å². The van der Waals surface area contributed by atoms with Gasteiger partial charge in [-0.1, -0.05) is 29.8 Å². The number of hydrogen-bond acceptors (Lipinski definition) is 3. The molecule has 2 aromatic heterocycles. The second-order valence-electron chi connectivity index (χ2n) is 9.63. The number of halogens is 1. The molecule has 2 heterocycles. The minimum absolute atomic E-state index is 0.293. The number of benzene rings is 2. The summed E-state index contributed by atoms with van der Waals surface area (Å²) in [7, 11) is 1.97. The molecule has 0 radical (unpaired) electrons. The Labute approximate surface area is 218 Å². The fourth-order valence-corrected chi connectivity index (χ4v) is 5.32. The molecule has 0 saturated heterocycles. The van der Waals surface area contributed by atoms with Crippen molar-refractivity contribution >= 4 is 28.4 Å². The first-order chi connectivity index (χ1) is 17.1. The van der Waals surface area contributed by atoms with Gasteiger partial charge in [0.1, 0.15) is 5.75 Å². The summed E-state index contributed by atoms with van der Waals surface area (Å²) in [5.41, 5.74) is 15.5. The Hall–Kier alpha value is -3.25. The second-order valence-corrected chi connectivity index (χ2v) is 10.0. The average molecular weight is 507 g/mol. The molecule has 2 N–H and O–H groups in total. The van der Waals surface area contributed by atoms with Gasteiger partial charge >= 0.3 is 0 Å². The van der Waals surface area contributed by atoms with Crippen molar-refractivity contribution in [3.05, 3.63) is 69.1 Å². The molecule has 2 aromatic carbocycles. The Morgan fingerprint density at radius 3 is 2.39 bits per heavy atom. The highest BCUT2D eigenvalue weighted by Crippen LogP contribution is 2.37. The minimum Gasteiger partial charge on any atom is -0.494 e. The molecule has 0 saturated carbocycles. The highest BCUT2D eigenvalue weighted by atomic mass is 35.5. The largest absolute Gasteiger partial charge is 0.494 e. The predicted molar refractivity (Wildman–Crippen MR) is 147 cm³/mol. The lowest BCUT2D eigenvalue weighted by molar-refractivity contribution is -0.118. The Balaban J connectivity index is 1.68. The van der Waals surface area contributed by atoms with E-state index in [2.05, 4.69) is 41.7 Å². The van der Waals surface area contributed by atoms with Crippen LogP contribution < -0.4 is 10.5 Å². The fourth-order valence-electron chi connectivity index (χ4n) is 5.21. The van der Waals surface area contributed by atoms with E-state index < -0.39 is 0 Å². The number of ether oxygens (including phenoxy) is 1. The van der Waals surface area contributed by atoms with Crippen molar-refractivity contribution in [2.24, 2.45) is 12.8 Å². The molecule has 0 aliphatic carbocycles. The smallest absolute Gasteiger partial charge is 0.219 e. The van der Waals surface area contributed by atoms with E-state index in [1.54, 1.807) is 0 Å². The number of carbonyl (C=O) groups excluding carboxylic acids is 1. The van der Waals surface area contributed by atoms with Crippen LogP contribution in [0, 0.1) is 34.6 Å². The van der Waals surface area contributed by atoms with Gasteiger partial charge in [-0.3, -0.25) is 9.48 Å². The van der Waals surface area contributed by atoms with E-state index in [4.69, 9.17) is 22.1 Å². The Morgan fingerprint density at radius 2 is 1.78 bits per heavy atom. The summed E-state index contributed by atoms with van der Waals surface area (Å²) >= 11 is 6.30. The molecule has 1 amide bonds. The number of nitrogens with two attached hydrogens (primary N) is 1. The zero-order valence-corrected chi connectivity index (χ0v) is 22.8. The standard InChI is InChI=1S/C29H35ClN4O2/c1-17-15-22(16-18(2)28(17)30)36-14-8-11-23-20(4)34(13-12-26(31)35)29-24(23)9-7-10-25(29)27-19(3)32-33(6)21(27)5/h7,9-10,15-16H,8,11-14H2,1-6H3,(H2,31,35). The van der Waals surface area contributed by atoms with Crippen molar-refractivity contribution in [2.75, 3.05) is 6.61 Å². The van der Waals surface area contributed by atoms with Gasteiger partial charge in [-0.15, -0.1) is 0 Å². The second kappa shape index (κ2) is 10.4. The molecule has 0 aliphatic rings. The number of primary amides is 1. The number of fused-ring (bicyclic) bond motifs is 1. The van der Waals surface area contributed by atoms with Gasteiger partial charge in [0, 0.05) is 52.9 Å². The molecule has 0 aliphatic heterocycles. The van der Waals surface area contributed by atoms with E-state index in [1.165, 1.54) is 10.9 Å². The van der Waals surface area contributed by atoms with Crippen LogP contribution in [-0.2, 0) is 24.8 Å². The monoisotopic (exact) mass is 506 g/mol. The van der Waals surface area contributed by atoms with Gasteiger partial charge in [0.05, 0.1) is 17.8 Å². The van der Waals surface area contributed by atoms with Crippen LogP contribution in [0.5, 0.6) is 5.75 Å². The Kier molecular flexibility index (Phi) is 7.46. The number of aryl methyl sites for hydroxylation is 6. The molecule has 0 atom stereocenters. The van der Waals surface area contributed by atoms with Crippen LogP contribution in [0.3, 0.4) is 0 Å². The van der Waals surface area contributed by atoms with Gasteiger partial charge in [-0.05, 0) is 76.3 Å². The topological polar surface area (TPSA) is 75.1 Å². The van der Waals surface area contributed by atoms with Gasteiger partial charge in [0.15, 0.2) is 0 Å². The van der Waals surface area contributed by atoms with Crippen LogP contribution in [0.25, 0.3) is 22.0 Å². The average Bonchev–Trinajstić information content (AvgIpc) is 3.24. The molecule has 4 aromatic rings. The van der Waals surface area contributed by atoms with E-state index in [1.807, 2.05) is 44.6 Å². The van der Waals surface area contributed by atoms with Crippen molar-refractivity contribution in [2.45, 2.75) is 60.4 Å². The molecule has 0 fully saturated rings. The van der Waals surface area contributed by atoms with E-state index in [0.717, 1.165) is 68.5 Å². The van der Waals surface area contributed by atoms with Crippen LogP contribution >= 0.6 is 11.6 Å². The molecular weight excluding hydrogens is 472 g/mol. The lowest BCUT2D eigenvalue weighted by Gasteiger charge is -2.12. The SMILES string of the molecule is Cc1cc(OCCCc2c(C)n(CCC(N)=O)c3c(-c4c(C)nn(C)c4C)cccc23)cc(C)c1Cl. The third kappa shape index (κ3) is 4.87. The van der Waals surface area contributed by atoms with E-state index >= 15 is 0 Å². The van der Waals surface area contributed by atoms with Crippen LogP contribution in [0.15, 0.2) is 30.3 Å². The molecule has 36 heavy (non-hydrogen) atoms. The number of amides is 1. The summed E-state index contributed by atoms with van der Waals surface area (Å²) < 4.78 is 10.2. The number of para-hydroxylation sites is 1. The Bertz CT molecular complexity index is 1420. The lowest BCUT2D eigenvalue weighted by atomic mass is 9.98. The first-order valence-electron chi connectivity index (χ1n) is 12.4. The van der Waals surface area contributed by atoms with Crippen molar-refractivity contribution < 1.29 is 9.53 Å².